The normalized spacial score (nSPS) is 35.8. The summed E-state index contributed by atoms with van der Waals surface area (Å²) in [5.74, 6) is -1.34. The van der Waals surface area contributed by atoms with Gasteiger partial charge in [0, 0.05) is 17.8 Å². The number of nitrogens with one attached hydrogen (secondary N) is 2. The van der Waals surface area contributed by atoms with Gasteiger partial charge in [0.05, 0.1) is 29.2 Å². The molecule has 3 amide bonds. The lowest BCUT2D eigenvalue weighted by Crippen LogP contribution is -2.61. The van der Waals surface area contributed by atoms with E-state index < -0.39 is 34.2 Å². The molecule has 7 atom stereocenters. The first kappa shape index (κ1) is 24.4. The molecule has 3 fully saturated rings. The summed E-state index contributed by atoms with van der Waals surface area (Å²) in [5, 5.41) is 15.9. The smallest absolute Gasteiger partial charge is 0.244 e. The van der Waals surface area contributed by atoms with Crippen LogP contribution in [0, 0.1) is 23.2 Å². The number of hydrogen-bond donors (Lipinski definition) is 3. The lowest BCUT2D eigenvalue weighted by Gasteiger charge is -2.42. The maximum atomic E-state index is 13.8. The van der Waals surface area contributed by atoms with Crippen LogP contribution < -0.4 is 10.6 Å². The largest absolute Gasteiger partial charge is 0.394 e. The highest BCUT2D eigenvalue weighted by Gasteiger charge is 2.76. The number of carbonyl (C=O) groups is 3. The third-order valence-electron chi connectivity index (χ3n) is 7.15. The first-order chi connectivity index (χ1) is 14.2. The minimum absolute atomic E-state index is 0.0271. The predicted octanol–water partition coefficient (Wildman–Crippen LogP) is 1.78. The number of aliphatic hydroxyl groups excluding tert-OH is 1. The Bertz CT molecular complexity index is 764. The van der Waals surface area contributed by atoms with E-state index >= 15 is 0 Å². The van der Waals surface area contributed by atoms with Crippen molar-refractivity contribution < 1.29 is 19.5 Å². The summed E-state index contributed by atoms with van der Waals surface area (Å²) in [5.41, 5.74) is -0.425. The summed E-state index contributed by atoms with van der Waals surface area (Å²) >= 11 is 1.65. The molecule has 0 aromatic carbocycles. The first-order valence-corrected chi connectivity index (χ1v) is 12.2. The van der Waals surface area contributed by atoms with E-state index in [1.54, 1.807) is 30.6 Å². The fourth-order valence-electron chi connectivity index (χ4n) is 6.56. The van der Waals surface area contributed by atoms with Crippen LogP contribution in [0.3, 0.4) is 0 Å². The third kappa shape index (κ3) is 3.88. The summed E-state index contributed by atoms with van der Waals surface area (Å²) in [7, 11) is 1.60. The van der Waals surface area contributed by atoms with Crippen LogP contribution in [-0.2, 0) is 14.4 Å². The molecule has 0 saturated carbocycles. The number of hydrogen-bond acceptors (Lipinski definition) is 5. The van der Waals surface area contributed by atoms with Crippen molar-refractivity contribution in [2.24, 2.45) is 23.2 Å². The van der Waals surface area contributed by atoms with Crippen molar-refractivity contribution in [3.8, 4) is 0 Å². The van der Waals surface area contributed by atoms with Crippen molar-refractivity contribution in [1.29, 1.82) is 0 Å². The molecule has 3 heterocycles. The Morgan fingerprint density at radius 3 is 2.39 bits per heavy atom. The summed E-state index contributed by atoms with van der Waals surface area (Å²) in [4.78, 5) is 41.9. The van der Waals surface area contributed by atoms with Crippen LogP contribution in [0.1, 0.15) is 61.3 Å². The second-order valence-electron chi connectivity index (χ2n) is 11.6. The highest BCUT2D eigenvalue weighted by molar-refractivity contribution is 8.02. The molecule has 0 aromatic heterocycles. The Labute approximate surface area is 190 Å². The molecule has 8 heteroatoms. The van der Waals surface area contributed by atoms with Crippen LogP contribution in [0.2, 0.25) is 0 Å². The maximum absolute atomic E-state index is 13.8. The number of thioether (sulfide) groups is 1. The number of rotatable bonds is 6. The Morgan fingerprint density at radius 1 is 1.26 bits per heavy atom. The van der Waals surface area contributed by atoms with Gasteiger partial charge in [-0.15, -0.1) is 11.8 Å². The van der Waals surface area contributed by atoms with Gasteiger partial charge in [-0.05, 0) is 44.9 Å². The number of carbonyl (C=O) groups excluding carboxylic acids is 3. The molecule has 3 aliphatic rings. The third-order valence-corrected chi connectivity index (χ3v) is 9.23. The van der Waals surface area contributed by atoms with Gasteiger partial charge in [-0.25, -0.2) is 0 Å². The molecule has 3 N–H and O–H groups in total. The minimum atomic E-state index is -0.703. The Balaban J connectivity index is 2.03. The van der Waals surface area contributed by atoms with Crippen molar-refractivity contribution in [2.45, 2.75) is 88.9 Å². The number of nitrogens with zero attached hydrogens (tertiary/aromatic N) is 1. The van der Waals surface area contributed by atoms with Crippen molar-refractivity contribution in [3.05, 3.63) is 0 Å². The monoisotopic (exact) mass is 453 g/mol. The first-order valence-electron chi connectivity index (χ1n) is 11.3. The molecule has 3 saturated heterocycles. The highest BCUT2D eigenvalue weighted by atomic mass is 32.2. The van der Waals surface area contributed by atoms with Crippen LogP contribution >= 0.6 is 11.8 Å². The van der Waals surface area contributed by atoms with E-state index in [0.29, 0.717) is 0 Å². The van der Waals surface area contributed by atoms with Gasteiger partial charge < -0.3 is 20.6 Å². The van der Waals surface area contributed by atoms with Crippen molar-refractivity contribution in [3.63, 3.8) is 0 Å². The van der Waals surface area contributed by atoms with Crippen LogP contribution in [0.15, 0.2) is 0 Å². The van der Waals surface area contributed by atoms with Gasteiger partial charge in [-0.3, -0.25) is 14.4 Å². The minimum Gasteiger partial charge on any atom is -0.394 e. The van der Waals surface area contributed by atoms with Crippen LogP contribution in [-0.4, -0.2) is 69.0 Å². The molecule has 31 heavy (non-hydrogen) atoms. The van der Waals surface area contributed by atoms with E-state index in [1.165, 1.54) is 0 Å². The molecule has 1 spiro atoms. The second kappa shape index (κ2) is 7.94. The van der Waals surface area contributed by atoms with Gasteiger partial charge in [-0.2, -0.15) is 0 Å². The average Bonchev–Trinajstić information content (AvgIpc) is 3.21. The van der Waals surface area contributed by atoms with Crippen LogP contribution in [0.5, 0.6) is 0 Å². The molecule has 7 nitrogen and oxygen atoms in total. The second-order valence-corrected chi connectivity index (χ2v) is 13.1. The van der Waals surface area contributed by atoms with Gasteiger partial charge in [-0.1, -0.05) is 27.7 Å². The van der Waals surface area contributed by atoms with Crippen molar-refractivity contribution in [1.82, 2.24) is 15.5 Å². The molecule has 176 valence electrons. The molecule has 0 radical (unpaired) electrons. The van der Waals surface area contributed by atoms with Gasteiger partial charge in [0.2, 0.25) is 17.7 Å². The van der Waals surface area contributed by atoms with Gasteiger partial charge in [0.25, 0.3) is 0 Å². The van der Waals surface area contributed by atoms with Crippen LogP contribution in [0.25, 0.3) is 0 Å². The van der Waals surface area contributed by atoms with Gasteiger partial charge >= 0.3 is 0 Å². The van der Waals surface area contributed by atoms with Crippen molar-refractivity contribution >= 4 is 29.5 Å². The van der Waals surface area contributed by atoms with Crippen molar-refractivity contribution in [2.75, 3.05) is 13.7 Å². The summed E-state index contributed by atoms with van der Waals surface area (Å²) in [6.45, 7) is 14.1. The average molecular weight is 454 g/mol. The summed E-state index contributed by atoms with van der Waals surface area (Å²) in [6.07, 6.45) is 1.59. The van der Waals surface area contributed by atoms with Crippen LogP contribution in [0.4, 0.5) is 0 Å². The molecular weight excluding hydrogens is 414 g/mol. The van der Waals surface area contributed by atoms with E-state index in [-0.39, 0.29) is 40.9 Å². The standard InChI is InChI=1S/C23H39N3O4S/c1-12-9-14-15(18(28)24-8)16-20(30)26(13(2)10-27)17(23(12,16)31-14)19(29)25-22(6,7)11-21(3,4)5/h12-17,27H,9-11H2,1-8H3,(H,24,28)(H,25,29)/t12?,13-,14-,15+,16+,17?,23?/m1/s1. The van der Waals surface area contributed by atoms with E-state index in [4.69, 9.17) is 0 Å². The Hall–Kier alpha value is -1.28. The fourth-order valence-corrected chi connectivity index (χ4v) is 8.97. The topological polar surface area (TPSA) is 98.7 Å². The number of fused-ring (bicyclic) bond motifs is 1. The molecule has 3 unspecified atom stereocenters. The fraction of sp³-hybridized carbons (Fsp3) is 0.870. The molecule has 2 bridgehead atoms. The SMILES string of the molecule is CNC(=O)[C@@H]1[C@H]2C(=O)N([C@H](C)CO)C(C(=O)NC(C)(C)CC(C)(C)C)C23S[C@@H]1CC3C. The Kier molecular flexibility index (Phi) is 6.24. The quantitative estimate of drug-likeness (QED) is 0.569. The summed E-state index contributed by atoms with van der Waals surface area (Å²) < 4.78 is -0.649. The lowest BCUT2D eigenvalue weighted by atomic mass is 9.65. The zero-order valence-corrected chi connectivity index (χ0v) is 20.9. The van der Waals surface area contributed by atoms with Gasteiger partial charge in [0.1, 0.15) is 6.04 Å². The number of likely N-dealkylation sites (tertiary alicyclic amines) is 1. The molecule has 0 aromatic rings. The zero-order chi connectivity index (χ0) is 23.5. The van der Waals surface area contributed by atoms with Gasteiger partial charge in [0.15, 0.2) is 0 Å². The predicted molar refractivity (Wildman–Crippen MR) is 122 cm³/mol. The molecule has 0 aliphatic carbocycles. The molecule has 3 rings (SSSR count). The van der Waals surface area contributed by atoms with E-state index in [2.05, 4.69) is 38.3 Å². The molecule has 3 aliphatic heterocycles. The highest BCUT2D eigenvalue weighted by Crippen LogP contribution is 2.68. The Morgan fingerprint density at radius 2 is 1.87 bits per heavy atom. The van der Waals surface area contributed by atoms with E-state index in [9.17, 15) is 19.5 Å². The number of amides is 3. The zero-order valence-electron chi connectivity index (χ0n) is 20.1. The lowest BCUT2D eigenvalue weighted by molar-refractivity contribution is -0.142. The maximum Gasteiger partial charge on any atom is 0.244 e. The van der Waals surface area contributed by atoms with E-state index in [1.807, 2.05) is 13.8 Å². The number of aliphatic hydroxyl groups is 1. The summed E-state index contributed by atoms with van der Waals surface area (Å²) in [6, 6.07) is -1.20. The molecular formula is C23H39N3O4S. The van der Waals surface area contributed by atoms with E-state index in [0.717, 1.165) is 12.8 Å².